The van der Waals surface area contributed by atoms with Crippen LogP contribution in [0, 0.1) is 12.7 Å². The predicted octanol–water partition coefficient (Wildman–Crippen LogP) is 0.891. The zero-order valence-corrected chi connectivity index (χ0v) is 11.7. The van der Waals surface area contributed by atoms with E-state index in [4.69, 9.17) is 5.73 Å². The minimum Gasteiger partial charge on any atom is -0.398 e. The van der Waals surface area contributed by atoms with Crippen molar-refractivity contribution in [3.63, 3.8) is 0 Å². The third kappa shape index (κ3) is 3.14. The van der Waals surface area contributed by atoms with Crippen molar-refractivity contribution in [2.24, 2.45) is 0 Å². The van der Waals surface area contributed by atoms with Crippen LogP contribution in [0.25, 0.3) is 0 Å². The highest BCUT2D eigenvalue weighted by atomic mass is 32.2. The van der Waals surface area contributed by atoms with Gasteiger partial charge in [-0.15, -0.1) is 0 Å². The SMILES string of the molecule is Cc1cc(F)c(S(=O)(=O)NCCn2ccnc2)cc1N. The summed E-state index contributed by atoms with van der Waals surface area (Å²) < 4.78 is 41.8. The lowest BCUT2D eigenvalue weighted by Crippen LogP contribution is -2.28. The second-order valence-corrected chi connectivity index (χ2v) is 6.07. The Bertz CT molecular complexity index is 698. The van der Waals surface area contributed by atoms with Gasteiger partial charge in [0.15, 0.2) is 0 Å². The third-order valence-electron chi connectivity index (χ3n) is 2.83. The second kappa shape index (κ2) is 5.59. The number of hydrogen-bond donors (Lipinski definition) is 2. The van der Waals surface area contributed by atoms with Crippen molar-refractivity contribution in [2.45, 2.75) is 18.4 Å². The first-order chi connectivity index (χ1) is 9.40. The number of imidazole rings is 1. The number of sulfonamides is 1. The average Bonchev–Trinajstić information content (AvgIpc) is 2.86. The Hall–Kier alpha value is -1.93. The predicted molar refractivity (Wildman–Crippen MR) is 73.0 cm³/mol. The zero-order chi connectivity index (χ0) is 14.8. The molecule has 0 radical (unpaired) electrons. The van der Waals surface area contributed by atoms with Gasteiger partial charge in [-0.05, 0) is 24.6 Å². The van der Waals surface area contributed by atoms with Crippen molar-refractivity contribution in [3.8, 4) is 0 Å². The van der Waals surface area contributed by atoms with Crippen LogP contribution in [0.1, 0.15) is 5.56 Å². The van der Waals surface area contributed by atoms with Crippen LogP contribution in [0.3, 0.4) is 0 Å². The van der Waals surface area contributed by atoms with Gasteiger partial charge in [0.2, 0.25) is 10.0 Å². The van der Waals surface area contributed by atoms with E-state index in [0.717, 1.165) is 12.1 Å². The van der Waals surface area contributed by atoms with Crippen molar-refractivity contribution in [3.05, 3.63) is 42.2 Å². The van der Waals surface area contributed by atoms with Crippen molar-refractivity contribution in [1.82, 2.24) is 14.3 Å². The molecule has 0 fully saturated rings. The van der Waals surface area contributed by atoms with Crippen LogP contribution in [0.4, 0.5) is 10.1 Å². The second-order valence-electron chi connectivity index (χ2n) is 4.34. The molecule has 0 spiro atoms. The Balaban J connectivity index is 2.12. The maximum absolute atomic E-state index is 13.7. The van der Waals surface area contributed by atoms with E-state index in [0.29, 0.717) is 12.1 Å². The molecular weight excluding hydrogens is 283 g/mol. The summed E-state index contributed by atoms with van der Waals surface area (Å²) >= 11 is 0. The standard InChI is InChI=1S/C12H15FN4O2S/c1-9-6-10(13)12(7-11(9)14)20(18,19)16-3-5-17-4-2-15-8-17/h2,4,6-8,16H,3,5,14H2,1H3. The van der Waals surface area contributed by atoms with Crippen molar-refractivity contribution < 1.29 is 12.8 Å². The van der Waals surface area contributed by atoms with E-state index >= 15 is 0 Å². The van der Waals surface area contributed by atoms with Gasteiger partial charge >= 0.3 is 0 Å². The van der Waals surface area contributed by atoms with Crippen LogP contribution in [-0.4, -0.2) is 24.5 Å². The number of aryl methyl sites for hydroxylation is 1. The number of halogens is 1. The molecule has 0 aliphatic heterocycles. The van der Waals surface area contributed by atoms with Crippen molar-refractivity contribution >= 4 is 15.7 Å². The quantitative estimate of drug-likeness (QED) is 0.802. The van der Waals surface area contributed by atoms with E-state index in [2.05, 4.69) is 9.71 Å². The number of benzene rings is 1. The number of rotatable bonds is 5. The summed E-state index contributed by atoms with van der Waals surface area (Å²) in [6.07, 6.45) is 4.87. The molecule has 6 nitrogen and oxygen atoms in total. The molecule has 0 unspecified atom stereocenters. The van der Waals surface area contributed by atoms with Gasteiger partial charge in [0.25, 0.3) is 0 Å². The van der Waals surface area contributed by atoms with Gasteiger partial charge in [-0.1, -0.05) is 0 Å². The Kier molecular flexibility index (Phi) is 4.05. The maximum atomic E-state index is 13.7. The fourth-order valence-electron chi connectivity index (χ4n) is 1.68. The molecule has 1 aromatic heterocycles. The first-order valence-corrected chi connectivity index (χ1v) is 7.39. The Morgan fingerprint density at radius 2 is 2.20 bits per heavy atom. The number of hydrogen-bond acceptors (Lipinski definition) is 4. The van der Waals surface area contributed by atoms with Crippen LogP contribution < -0.4 is 10.5 Å². The Morgan fingerprint density at radius 3 is 2.85 bits per heavy atom. The maximum Gasteiger partial charge on any atom is 0.243 e. The summed E-state index contributed by atoms with van der Waals surface area (Å²) in [5, 5.41) is 0. The fourth-order valence-corrected chi connectivity index (χ4v) is 2.79. The molecule has 0 aliphatic rings. The van der Waals surface area contributed by atoms with E-state index in [1.165, 1.54) is 0 Å². The molecule has 0 aliphatic carbocycles. The summed E-state index contributed by atoms with van der Waals surface area (Å²) in [7, 11) is -3.92. The minimum absolute atomic E-state index is 0.131. The zero-order valence-electron chi connectivity index (χ0n) is 10.9. The normalized spacial score (nSPS) is 11.7. The third-order valence-corrected chi connectivity index (χ3v) is 4.31. The van der Waals surface area contributed by atoms with Gasteiger partial charge in [0.05, 0.1) is 6.33 Å². The summed E-state index contributed by atoms with van der Waals surface area (Å²) in [6, 6.07) is 2.24. The summed E-state index contributed by atoms with van der Waals surface area (Å²) in [5.74, 6) is -0.813. The molecule has 108 valence electrons. The van der Waals surface area contributed by atoms with Crippen LogP contribution in [0.5, 0.6) is 0 Å². The number of nitrogens with zero attached hydrogens (tertiary/aromatic N) is 2. The number of aromatic nitrogens is 2. The van der Waals surface area contributed by atoms with Crippen LogP contribution in [0.15, 0.2) is 35.7 Å². The highest BCUT2D eigenvalue weighted by Crippen LogP contribution is 2.21. The molecule has 0 saturated carbocycles. The monoisotopic (exact) mass is 298 g/mol. The summed E-state index contributed by atoms with van der Waals surface area (Å²) in [5.41, 5.74) is 6.36. The molecule has 3 N–H and O–H groups in total. The molecule has 0 amide bonds. The van der Waals surface area contributed by atoms with E-state index in [1.54, 1.807) is 30.2 Å². The summed E-state index contributed by atoms with van der Waals surface area (Å²) in [4.78, 5) is 3.40. The molecule has 0 bridgehead atoms. The van der Waals surface area contributed by atoms with Gasteiger partial charge < -0.3 is 10.3 Å². The minimum atomic E-state index is -3.92. The lowest BCUT2D eigenvalue weighted by Gasteiger charge is -2.10. The van der Waals surface area contributed by atoms with Gasteiger partial charge in [0.1, 0.15) is 10.7 Å². The highest BCUT2D eigenvalue weighted by Gasteiger charge is 2.19. The first-order valence-electron chi connectivity index (χ1n) is 5.91. The molecule has 8 heteroatoms. The molecule has 20 heavy (non-hydrogen) atoms. The van der Waals surface area contributed by atoms with Crippen molar-refractivity contribution in [1.29, 1.82) is 0 Å². The number of nitrogens with one attached hydrogen (secondary N) is 1. The fraction of sp³-hybridized carbons (Fsp3) is 0.250. The molecule has 1 heterocycles. The largest absolute Gasteiger partial charge is 0.398 e. The van der Waals surface area contributed by atoms with Gasteiger partial charge in [-0.2, -0.15) is 0 Å². The van der Waals surface area contributed by atoms with E-state index in [-0.39, 0.29) is 12.2 Å². The first kappa shape index (κ1) is 14.5. The van der Waals surface area contributed by atoms with Crippen LogP contribution >= 0.6 is 0 Å². The van der Waals surface area contributed by atoms with Gasteiger partial charge in [0, 0.05) is 31.2 Å². The lowest BCUT2D eigenvalue weighted by molar-refractivity contribution is 0.551. The Labute approximate surface area is 116 Å². The Morgan fingerprint density at radius 1 is 1.45 bits per heavy atom. The van der Waals surface area contributed by atoms with E-state index < -0.39 is 20.7 Å². The van der Waals surface area contributed by atoms with Crippen LogP contribution in [-0.2, 0) is 16.6 Å². The molecule has 0 saturated heterocycles. The van der Waals surface area contributed by atoms with Gasteiger partial charge in [-0.25, -0.2) is 22.5 Å². The average molecular weight is 298 g/mol. The number of nitrogens with two attached hydrogens (primary N) is 1. The van der Waals surface area contributed by atoms with Gasteiger partial charge in [-0.3, -0.25) is 0 Å². The molecule has 2 aromatic rings. The molecule has 1 aromatic carbocycles. The molecular formula is C12H15FN4O2S. The smallest absolute Gasteiger partial charge is 0.243 e. The van der Waals surface area contributed by atoms with E-state index in [1.807, 2.05) is 0 Å². The highest BCUT2D eigenvalue weighted by molar-refractivity contribution is 7.89. The molecule has 2 rings (SSSR count). The van der Waals surface area contributed by atoms with Crippen molar-refractivity contribution in [2.75, 3.05) is 12.3 Å². The lowest BCUT2D eigenvalue weighted by atomic mass is 10.2. The number of anilines is 1. The topological polar surface area (TPSA) is 90.0 Å². The number of nitrogen functional groups attached to an aromatic ring is 1. The molecule has 0 atom stereocenters. The summed E-state index contributed by atoms with van der Waals surface area (Å²) in [6.45, 7) is 2.15. The van der Waals surface area contributed by atoms with E-state index in [9.17, 15) is 12.8 Å². The van der Waals surface area contributed by atoms with Crippen LogP contribution in [0.2, 0.25) is 0 Å².